The van der Waals surface area contributed by atoms with Crippen LogP contribution in [0.4, 0.5) is 5.69 Å². The lowest BCUT2D eigenvalue weighted by Crippen LogP contribution is -2.69. The van der Waals surface area contributed by atoms with Gasteiger partial charge in [-0.3, -0.25) is 9.59 Å². The fourth-order valence-electron chi connectivity index (χ4n) is 5.28. The monoisotopic (exact) mass is 376 g/mol. The topological polar surface area (TPSA) is 67.4 Å². The highest BCUT2D eigenvalue weighted by Crippen LogP contribution is 2.55. The van der Waals surface area contributed by atoms with Crippen LogP contribution < -0.4 is 15.4 Å². The smallest absolute Gasteiger partial charge is 0.237 e. The van der Waals surface area contributed by atoms with E-state index in [2.05, 4.69) is 10.6 Å². The zero-order chi connectivity index (χ0) is 19.3. The molecular formula is C23H24N2O3. The molecule has 2 heterocycles. The van der Waals surface area contributed by atoms with Gasteiger partial charge in [-0.2, -0.15) is 0 Å². The van der Waals surface area contributed by atoms with E-state index >= 15 is 0 Å². The lowest BCUT2D eigenvalue weighted by Gasteiger charge is -2.55. The van der Waals surface area contributed by atoms with Crippen LogP contribution in [0.2, 0.25) is 0 Å². The van der Waals surface area contributed by atoms with Gasteiger partial charge in [-0.15, -0.1) is 0 Å². The fourth-order valence-corrected chi connectivity index (χ4v) is 5.28. The summed E-state index contributed by atoms with van der Waals surface area (Å²) in [5.41, 5.74) is 2.03. The summed E-state index contributed by atoms with van der Waals surface area (Å²) in [5.74, 6) is -0.499. The number of para-hydroxylation sites is 2. The number of amides is 2. The van der Waals surface area contributed by atoms with Gasteiger partial charge >= 0.3 is 0 Å². The molecule has 28 heavy (non-hydrogen) atoms. The summed E-state index contributed by atoms with van der Waals surface area (Å²) in [4.78, 5) is 26.4. The number of piperidine rings is 1. The Labute approximate surface area is 164 Å². The number of nitrogens with one attached hydrogen (secondary N) is 2. The second-order valence-electron chi connectivity index (χ2n) is 8.18. The van der Waals surface area contributed by atoms with Crippen molar-refractivity contribution in [2.75, 3.05) is 5.32 Å². The van der Waals surface area contributed by atoms with Crippen LogP contribution in [0.15, 0.2) is 48.5 Å². The Balaban J connectivity index is 1.57. The highest BCUT2D eigenvalue weighted by atomic mass is 16.5. The molecular weight excluding hydrogens is 352 g/mol. The van der Waals surface area contributed by atoms with Gasteiger partial charge in [0.05, 0.1) is 0 Å². The molecule has 0 radical (unpaired) electrons. The number of fused-ring (bicyclic) bond motifs is 2. The largest absolute Gasteiger partial charge is 0.467 e. The Hall–Kier alpha value is -2.82. The van der Waals surface area contributed by atoms with Gasteiger partial charge in [0.1, 0.15) is 11.7 Å². The first-order valence-corrected chi connectivity index (χ1v) is 10.1. The van der Waals surface area contributed by atoms with E-state index in [1.807, 2.05) is 55.5 Å². The van der Waals surface area contributed by atoms with Crippen molar-refractivity contribution in [3.05, 3.63) is 59.7 Å². The first kappa shape index (κ1) is 17.3. The fraction of sp³-hybridized carbons (Fsp3) is 0.391. The SMILES string of the molecule is Cc1ccccc1NC(=O)[C@@H]1C(=O)N[C@]23CCCC[C@@H]2[C@H]1c1ccccc1O3. The van der Waals surface area contributed by atoms with Crippen molar-refractivity contribution in [1.29, 1.82) is 0 Å². The van der Waals surface area contributed by atoms with E-state index in [1.54, 1.807) is 0 Å². The number of anilines is 1. The van der Waals surface area contributed by atoms with E-state index in [0.29, 0.717) is 0 Å². The van der Waals surface area contributed by atoms with Gasteiger partial charge < -0.3 is 15.4 Å². The molecule has 3 aliphatic rings. The summed E-state index contributed by atoms with van der Waals surface area (Å²) in [6.07, 6.45) is 3.86. The molecule has 2 aromatic carbocycles. The lowest BCUT2D eigenvalue weighted by atomic mass is 9.62. The van der Waals surface area contributed by atoms with Crippen LogP contribution in [0, 0.1) is 18.8 Å². The Morgan fingerprint density at radius 2 is 1.93 bits per heavy atom. The number of carbonyl (C=O) groups is 2. The van der Waals surface area contributed by atoms with E-state index in [9.17, 15) is 9.59 Å². The molecule has 0 aromatic heterocycles. The summed E-state index contributed by atoms with van der Waals surface area (Å²) in [6, 6.07) is 15.5. The molecule has 2 bridgehead atoms. The van der Waals surface area contributed by atoms with Gasteiger partial charge in [0.15, 0.2) is 5.72 Å². The molecule has 5 heteroatoms. The highest BCUT2D eigenvalue weighted by molar-refractivity contribution is 6.08. The third-order valence-corrected chi connectivity index (χ3v) is 6.58. The van der Waals surface area contributed by atoms with E-state index in [1.165, 1.54) is 0 Å². The molecule has 2 aliphatic heterocycles. The zero-order valence-electron chi connectivity index (χ0n) is 15.9. The molecule has 4 atom stereocenters. The molecule has 1 saturated carbocycles. The molecule has 144 valence electrons. The maximum Gasteiger partial charge on any atom is 0.237 e. The standard InChI is InChI=1S/C23H24N2O3/c1-14-8-2-4-11-17(14)24-21(26)20-19-15-9-3-5-12-18(15)28-23(25-22(20)27)13-7-6-10-16(19)23/h2-5,8-9,11-12,16,19-20H,6-7,10,13H2,1H3,(H,24,26)(H,25,27)/t16-,19-,20-,23+/m1/s1. The Kier molecular flexibility index (Phi) is 3.93. The molecule has 1 aliphatic carbocycles. The Morgan fingerprint density at radius 1 is 1.14 bits per heavy atom. The van der Waals surface area contributed by atoms with Crippen molar-refractivity contribution in [3.63, 3.8) is 0 Å². The third-order valence-electron chi connectivity index (χ3n) is 6.58. The minimum absolute atomic E-state index is 0.112. The van der Waals surface area contributed by atoms with Crippen LogP contribution in [0.1, 0.15) is 42.7 Å². The van der Waals surface area contributed by atoms with Crippen molar-refractivity contribution in [2.45, 2.75) is 44.2 Å². The molecule has 5 nitrogen and oxygen atoms in total. The average Bonchev–Trinajstić information content (AvgIpc) is 2.68. The van der Waals surface area contributed by atoms with Crippen LogP contribution >= 0.6 is 0 Å². The molecule has 2 N–H and O–H groups in total. The maximum absolute atomic E-state index is 13.3. The molecule has 2 aromatic rings. The summed E-state index contributed by atoms with van der Waals surface area (Å²) in [6.45, 7) is 1.95. The van der Waals surface area contributed by atoms with Crippen molar-refractivity contribution in [3.8, 4) is 5.75 Å². The quantitative estimate of drug-likeness (QED) is 0.785. The number of hydrogen-bond donors (Lipinski definition) is 2. The number of carbonyl (C=O) groups excluding carboxylic acids is 2. The normalized spacial score (nSPS) is 30.3. The second-order valence-corrected chi connectivity index (χ2v) is 8.18. The second kappa shape index (κ2) is 6.36. The minimum Gasteiger partial charge on any atom is -0.467 e. The van der Waals surface area contributed by atoms with Crippen molar-refractivity contribution >= 4 is 17.5 Å². The van der Waals surface area contributed by atoms with Crippen molar-refractivity contribution < 1.29 is 14.3 Å². The summed E-state index contributed by atoms with van der Waals surface area (Å²) in [5, 5.41) is 6.11. The summed E-state index contributed by atoms with van der Waals surface area (Å²) in [7, 11) is 0. The number of aryl methyl sites for hydroxylation is 1. The van der Waals surface area contributed by atoms with Crippen molar-refractivity contribution in [2.24, 2.45) is 11.8 Å². The first-order valence-electron chi connectivity index (χ1n) is 10.1. The van der Waals surface area contributed by atoms with Gasteiger partial charge in [-0.05, 0) is 43.0 Å². The minimum atomic E-state index is -0.763. The van der Waals surface area contributed by atoms with Crippen molar-refractivity contribution in [1.82, 2.24) is 5.32 Å². The van der Waals surface area contributed by atoms with E-state index in [4.69, 9.17) is 4.74 Å². The van der Waals surface area contributed by atoms with Gasteiger partial charge in [-0.1, -0.05) is 42.8 Å². The molecule has 1 saturated heterocycles. The van der Waals surface area contributed by atoms with Crippen LogP contribution in [-0.4, -0.2) is 17.5 Å². The van der Waals surface area contributed by atoms with Gasteiger partial charge in [0.2, 0.25) is 11.8 Å². The molecule has 0 unspecified atom stereocenters. The predicted molar refractivity (Wildman–Crippen MR) is 106 cm³/mol. The van der Waals surface area contributed by atoms with Crippen LogP contribution in [0.3, 0.4) is 0 Å². The first-order chi connectivity index (χ1) is 13.6. The van der Waals surface area contributed by atoms with E-state index < -0.39 is 11.6 Å². The van der Waals surface area contributed by atoms with E-state index in [0.717, 1.165) is 48.2 Å². The van der Waals surface area contributed by atoms with Gasteiger partial charge in [-0.25, -0.2) is 0 Å². The van der Waals surface area contributed by atoms with E-state index in [-0.39, 0.29) is 23.7 Å². The van der Waals surface area contributed by atoms with Crippen LogP contribution in [0.25, 0.3) is 0 Å². The zero-order valence-corrected chi connectivity index (χ0v) is 15.9. The molecule has 0 spiro atoms. The summed E-state index contributed by atoms with van der Waals surface area (Å²) < 4.78 is 6.37. The van der Waals surface area contributed by atoms with Gasteiger partial charge in [0, 0.05) is 23.9 Å². The summed E-state index contributed by atoms with van der Waals surface area (Å²) >= 11 is 0. The average molecular weight is 376 g/mol. The molecule has 2 amide bonds. The highest BCUT2D eigenvalue weighted by Gasteiger charge is 2.60. The number of benzene rings is 2. The maximum atomic E-state index is 13.3. The van der Waals surface area contributed by atoms with Gasteiger partial charge in [0.25, 0.3) is 0 Å². The Bertz CT molecular complexity index is 956. The van der Waals surface area contributed by atoms with Crippen LogP contribution in [-0.2, 0) is 9.59 Å². The molecule has 5 rings (SSSR count). The third kappa shape index (κ3) is 2.53. The molecule has 2 fully saturated rings. The number of ether oxygens (including phenoxy) is 1. The predicted octanol–water partition coefficient (Wildman–Crippen LogP) is 3.74. The number of rotatable bonds is 2. The lowest BCUT2D eigenvalue weighted by molar-refractivity contribution is -0.160. The number of hydrogen-bond acceptors (Lipinski definition) is 3. The Morgan fingerprint density at radius 3 is 2.79 bits per heavy atom. The van der Waals surface area contributed by atoms with Crippen LogP contribution in [0.5, 0.6) is 5.75 Å².